The van der Waals surface area contributed by atoms with Gasteiger partial charge in [-0.05, 0) is 53.0 Å². The third-order valence-electron chi connectivity index (χ3n) is 2.32. The standard InChI is InChI=1S/C13H11BrFNO2/c1-3-18-13(17)10(7-16)8(2)9-4-5-12(15)11(14)6-9/h4-6H,3H2,1-2H3/b10-8-. The second-order valence-corrected chi connectivity index (χ2v) is 4.32. The fourth-order valence-electron chi connectivity index (χ4n) is 1.36. The molecular weight excluding hydrogens is 301 g/mol. The van der Waals surface area contributed by atoms with Gasteiger partial charge < -0.3 is 4.74 Å². The molecule has 0 heterocycles. The summed E-state index contributed by atoms with van der Waals surface area (Å²) in [6.45, 7) is 3.48. The van der Waals surface area contributed by atoms with Gasteiger partial charge in [-0.25, -0.2) is 9.18 Å². The number of nitriles is 1. The smallest absolute Gasteiger partial charge is 0.349 e. The van der Waals surface area contributed by atoms with E-state index in [-0.39, 0.29) is 16.7 Å². The van der Waals surface area contributed by atoms with Gasteiger partial charge in [0.25, 0.3) is 0 Å². The molecule has 1 aromatic carbocycles. The van der Waals surface area contributed by atoms with Gasteiger partial charge >= 0.3 is 5.97 Å². The van der Waals surface area contributed by atoms with E-state index in [1.165, 1.54) is 18.2 Å². The van der Waals surface area contributed by atoms with Crippen molar-refractivity contribution in [3.05, 3.63) is 39.6 Å². The first kappa shape index (κ1) is 14.4. The zero-order chi connectivity index (χ0) is 13.7. The number of rotatable bonds is 3. The first-order valence-electron chi connectivity index (χ1n) is 5.24. The van der Waals surface area contributed by atoms with Crippen LogP contribution < -0.4 is 0 Å². The monoisotopic (exact) mass is 311 g/mol. The van der Waals surface area contributed by atoms with Crippen LogP contribution in [0, 0.1) is 17.1 Å². The van der Waals surface area contributed by atoms with Crippen LogP contribution in [0.3, 0.4) is 0 Å². The number of carbonyl (C=O) groups is 1. The third-order valence-corrected chi connectivity index (χ3v) is 2.93. The molecule has 0 saturated heterocycles. The van der Waals surface area contributed by atoms with Crippen molar-refractivity contribution >= 4 is 27.5 Å². The minimum atomic E-state index is -0.669. The number of carbonyl (C=O) groups excluding carboxylic acids is 1. The first-order chi connectivity index (χ1) is 8.51. The van der Waals surface area contributed by atoms with Crippen molar-refractivity contribution in [2.24, 2.45) is 0 Å². The topological polar surface area (TPSA) is 50.1 Å². The predicted octanol–water partition coefficient (Wildman–Crippen LogP) is 3.45. The van der Waals surface area contributed by atoms with Crippen LogP contribution in [0.1, 0.15) is 19.4 Å². The van der Waals surface area contributed by atoms with E-state index in [9.17, 15) is 9.18 Å². The van der Waals surface area contributed by atoms with Gasteiger partial charge in [0.15, 0.2) is 0 Å². The van der Waals surface area contributed by atoms with Crippen molar-refractivity contribution in [2.45, 2.75) is 13.8 Å². The molecule has 0 saturated carbocycles. The van der Waals surface area contributed by atoms with Crippen LogP contribution in [-0.2, 0) is 9.53 Å². The highest BCUT2D eigenvalue weighted by molar-refractivity contribution is 9.10. The van der Waals surface area contributed by atoms with E-state index in [4.69, 9.17) is 10.00 Å². The lowest BCUT2D eigenvalue weighted by atomic mass is 10.0. The summed E-state index contributed by atoms with van der Waals surface area (Å²) < 4.78 is 18.2. The second kappa shape index (κ2) is 6.31. The average molecular weight is 312 g/mol. The maximum atomic E-state index is 13.1. The maximum Gasteiger partial charge on any atom is 0.349 e. The number of hydrogen-bond donors (Lipinski definition) is 0. The van der Waals surface area contributed by atoms with Gasteiger partial charge in [-0.2, -0.15) is 5.26 Å². The van der Waals surface area contributed by atoms with Crippen molar-refractivity contribution in [1.82, 2.24) is 0 Å². The molecule has 1 rings (SSSR count). The van der Waals surface area contributed by atoms with Crippen molar-refractivity contribution < 1.29 is 13.9 Å². The molecule has 0 spiro atoms. The van der Waals surface area contributed by atoms with Crippen molar-refractivity contribution in [3.8, 4) is 6.07 Å². The first-order valence-corrected chi connectivity index (χ1v) is 6.04. The minimum absolute atomic E-state index is 0.0737. The highest BCUT2D eigenvalue weighted by Gasteiger charge is 2.15. The van der Waals surface area contributed by atoms with Crippen molar-refractivity contribution in [3.63, 3.8) is 0 Å². The Kier molecular flexibility index (Phi) is 5.05. The summed E-state index contributed by atoms with van der Waals surface area (Å²) in [5.41, 5.74) is 0.972. The molecule has 0 aliphatic carbocycles. The fourth-order valence-corrected chi connectivity index (χ4v) is 1.74. The Morgan fingerprint density at radius 2 is 2.22 bits per heavy atom. The molecule has 0 radical (unpaired) electrons. The van der Waals surface area contributed by atoms with E-state index in [2.05, 4.69) is 15.9 Å². The van der Waals surface area contributed by atoms with Crippen LogP contribution in [-0.4, -0.2) is 12.6 Å². The molecular formula is C13H11BrFNO2. The number of allylic oxidation sites excluding steroid dienone is 1. The van der Waals surface area contributed by atoms with E-state index in [0.29, 0.717) is 11.1 Å². The number of halogens is 2. The quantitative estimate of drug-likeness (QED) is 0.488. The van der Waals surface area contributed by atoms with Crippen LogP contribution >= 0.6 is 15.9 Å². The van der Waals surface area contributed by atoms with Crippen LogP contribution in [0.2, 0.25) is 0 Å². The summed E-state index contributed by atoms with van der Waals surface area (Å²) in [4.78, 5) is 11.6. The van der Waals surface area contributed by atoms with E-state index in [1.54, 1.807) is 13.8 Å². The molecule has 0 aliphatic rings. The summed E-state index contributed by atoms with van der Waals surface area (Å²) in [5.74, 6) is -1.07. The molecule has 0 unspecified atom stereocenters. The van der Waals surface area contributed by atoms with Gasteiger partial charge in [0, 0.05) is 0 Å². The largest absolute Gasteiger partial charge is 0.462 e. The van der Waals surface area contributed by atoms with Gasteiger partial charge in [-0.3, -0.25) is 0 Å². The predicted molar refractivity (Wildman–Crippen MR) is 68.9 cm³/mol. The molecule has 1 aromatic rings. The molecule has 0 bridgehead atoms. The number of hydrogen-bond acceptors (Lipinski definition) is 3. The average Bonchev–Trinajstić information content (AvgIpc) is 2.33. The van der Waals surface area contributed by atoms with Crippen LogP contribution in [0.4, 0.5) is 4.39 Å². The summed E-state index contributed by atoms with van der Waals surface area (Å²) in [6, 6.07) is 6.10. The van der Waals surface area contributed by atoms with Crippen molar-refractivity contribution in [1.29, 1.82) is 5.26 Å². The van der Waals surface area contributed by atoms with Gasteiger partial charge in [-0.15, -0.1) is 0 Å². The second-order valence-electron chi connectivity index (χ2n) is 3.46. The lowest BCUT2D eigenvalue weighted by Crippen LogP contribution is -2.08. The normalized spacial score (nSPS) is 11.5. The highest BCUT2D eigenvalue weighted by atomic mass is 79.9. The Balaban J connectivity index is 3.23. The maximum absolute atomic E-state index is 13.1. The molecule has 18 heavy (non-hydrogen) atoms. The summed E-state index contributed by atoms with van der Waals surface area (Å²) in [6.07, 6.45) is 0. The van der Waals surface area contributed by atoms with E-state index < -0.39 is 11.8 Å². The molecule has 0 aliphatic heterocycles. The Bertz CT molecular complexity index is 546. The Morgan fingerprint density at radius 1 is 1.56 bits per heavy atom. The van der Waals surface area contributed by atoms with Crippen LogP contribution in [0.5, 0.6) is 0 Å². The molecule has 0 aromatic heterocycles. The summed E-state index contributed by atoms with van der Waals surface area (Å²) >= 11 is 3.06. The molecule has 5 heteroatoms. The summed E-state index contributed by atoms with van der Waals surface area (Å²) in [7, 11) is 0. The Labute approximate surface area is 113 Å². The van der Waals surface area contributed by atoms with Crippen LogP contribution in [0.25, 0.3) is 5.57 Å². The zero-order valence-electron chi connectivity index (χ0n) is 9.96. The number of esters is 1. The molecule has 94 valence electrons. The van der Waals surface area contributed by atoms with E-state index in [1.807, 2.05) is 6.07 Å². The molecule has 0 atom stereocenters. The van der Waals surface area contributed by atoms with Gasteiger partial charge in [-0.1, -0.05) is 6.07 Å². The van der Waals surface area contributed by atoms with Crippen molar-refractivity contribution in [2.75, 3.05) is 6.61 Å². The summed E-state index contributed by atoms with van der Waals surface area (Å²) in [5, 5.41) is 8.98. The number of nitrogens with zero attached hydrogens (tertiary/aromatic N) is 1. The Morgan fingerprint density at radius 3 is 2.72 bits per heavy atom. The molecule has 0 amide bonds. The third kappa shape index (κ3) is 3.17. The highest BCUT2D eigenvalue weighted by Crippen LogP contribution is 2.24. The van der Waals surface area contributed by atoms with E-state index >= 15 is 0 Å². The lowest BCUT2D eigenvalue weighted by Gasteiger charge is -2.06. The zero-order valence-corrected chi connectivity index (χ0v) is 11.5. The molecule has 0 N–H and O–H groups in total. The van der Waals surface area contributed by atoms with Crippen LogP contribution in [0.15, 0.2) is 28.2 Å². The lowest BCUT2D eigenvalue weighted by molar-refractivity contribution is -0.137. The molecule has 0 fully saturated rings. The Hall–Kier alpha value is -1.67. The number of benzene rings is 1. The molecule has 3 nitrogen and oxygen atoms in total. The minimum Gasteiger partial charge on any atom is -0.462 e. The fraction of sp³-hybridized carbons (Fsp3) is 0.231. The van der Waals surface area contributed by atoms with Gasteiger partial charge in [0.1, 0.15) is 17.5 Å². The SMILES string of the molecule is CCOC(=O)/C(C#N)=C(/C)c1ccc(F)c(Br)c1. The number of ether oxygens (including phenoxy) is 1. The van der Waals surface area contributed by atoms with Gasteiger partial charge in [0.2, 0.25) is 0 Å². The van der Waals surface area contributed by atoms with E-state index in [0.717, 1.165) is 0 Å². The van der Waals surface area contributed by atoms with Gasteiger partial charge in [0.05, 0.1) is 11.1 Å².